The fourth-order valence-electron chi connectivity index (χ4n) is 2.81. The van der Waals surface area contributed by atoms with Crippen molar-refractivity contribution in [2.75, 3.05) is 0 Å². The summed E-state index contributed by atoms with van der Waals surface area (Å²) in [5, 5.41) is 0. The summed E-state index contributed by atoms with van der Waals surface area (Å²) in [6, 6.07) is 26.1. The zero-order valence-electron chi connectivity index (χ0n) is 14.2. The molecule has 1 aromatic heterocycles. The maximum atomic E-state index is 4.75. The Morgan fingerprint density at radius 1 is 0.615 bits per heavy atom. The van der Waals surface area contributed by atoms with Crippen molar-refractivity contribution in [3.8, 4) is 34.2 Å². The predicted molar refractivity (Wildman–Crippen MR) is 109 cm³/mol. The molecule has 1 heterocycles. The van der Waals surface area contributed by atoms with Gasteiger partial charge >= 0.3 is 0 Å². The molecule has 3 nitrogen and oxygen atoms in total. The van der Waals surface area contributed by atoms with E-state index in [1.807, 2.05) is 72.8 Å². The van der Waals surface area contributed by atoms with Crippen molar-refractivity contribution in [3.05, 3.63) is 88.9 Å². The number of aromatic nitrogens is 3. The molecule has 0 bridgehead atoms. The topological polar surface area (TPSA) is 38.7 Å². The average Bonchev–Trinajstić information content (AvgIpc) is 2.69. The largest absolute Gasteiger partial charge is 0.208 e. The third-order valence-corrected chi connectivity index (χ3v) is 4.62. The lowest BCUT2D eigenvalue weighted by Crippen LogP contribution is -2.00. The summed E-state index contributed by atoms with van der Waals surface area (Å²) >= 11 is 3.52. The molecular formula is C22H16BrN3. The molecule has 0 fully saturated rings. The number of halogens is 1. The normalized spacial score (nSPS) is 10.7. The van der Waals surface area contributed by atoms with Gasteiger partial charge in [-0.25, -0.2) is 15.0 Å². The number of rotatable bonds is 3. The van der Waals surface area contributed by atoms with Crippen molar-refractivity contribution in [2.45, 2.75) is 6.92 Å². The van der Waals surface area contributed by atoms with Gasteiger partial charge in [-0.1, -0.05) is 76.6 Å². The van der Waals surface area contributed by atoms with Crippen LogP contribution in [0.25, 0.3) is 34.2 Å². The van der Waals surface area contributed by atoms with Crippen LogP contribution in [0.4, 0.5) is 0 Å². The third-order valence-electron chi connectivity index (χ3n) is 4.13. The lowest BCUT2D eigenvalue weighted by molar-refractivity contribution is 1.07. The first kappa shape index (κ1) is 16.6. The van der Waals surface area contributed by atoms with E-state index in [4.69, 9.17) is 15.0 Å². The molecule has 0 saturated carbocycles. The lowest BCUT2D eigenvalue weighted by Gasteiger charge is -2.10. The highest BCUT2D eigenvalue weighted by Gasteiger charge is 2.13. The van der Waals surface area contributed by atoms with Crippen LogP contribution in [0.1, 0.15) is 5.56 Å². The van der Waals surface area contributed by atoms with Gasteiger partial charge in [-0.15, -0.1) is 0 Å². The molecule has 26 heavy (non-hydrogen) atoms. The molecule has 0 amide bonds. The van der Waals surface area contributed by atoms with E-state index in [0.717, 1.165) is 26.7 Å². The highest BCUT2D eigenvalue weighted by atomic mass is 79.9. The maximum absolute atomic E-state index is 4.75. The van der Waals surface area contributed by atoms with Gasteiger partial charge in [0.1, 0.15) is 0 Å². The van der Waals surface area contributed by atoms with Crippen molar-refractivity contribution in [1.82, 2.24) is 15.0 Å². The number of hydrogen-bond acceptors (Lipinski definition) is 3. The molecule has 4 aromatic rings. The first-order valence-electron chi connectivity index (χ1n) is 8.34. The second-order valence-electron chi connectivity index (χ2n) is 6.00. The van der Waals surface area contributed by atoms with Gasteiger partial charge in [0.15, 0.2) is 17.5 Å². The zero-order valence-corrected chi connectivity index (χ0v) is 15.8. The second-order valence-corrected chi connectivity index (χ2v) is 6.91. The zero-order chi connectivity index (χ0) is 17.9. The van der Waals surface area contributed by atoms with Crippen LogP contribution >= 0.6 is 15.9 Å². The van der Waals surface area contributed by atoms with Crippen LogP contribution in [-0.4, -0.2) is 15.0 Å². The molecule has 0 aliphatic heterocycles. The summed E-state index contributed by atoms with van der Waals surface area (Å²) in [5.74, 6) is 2.04. The first-order chi connectivity index (χ1) is 12.7. The predicted octanol–water partition coefficient (Wildman–Crippen LogP) is 5.94. The molecule has 4 heteroatoms. The Morgan fingerprint density at radius 3 is 1.62 bits per heavy atom. The van der Waals surface area contributed by atoms with E-state index in [9.17, 15) is 0 Å². The van der Waals surface area contributed by atoms with E-state index in [2.05, 4.69) is 28.9 Å². The molecule has 0 radical (unpaired) electrons. The smallest absolute Gasteiger partial charge is 0.164 e. The molecule has 0 spiro atoms. The van der Waals surface area contributed by atoms with E-state index in [1.54, 1.807) is 0 Å². The van der Waals surface area contributed by atoms with Crippen LogP contribution in [0.5, 0.6) is 0 Å². The van der Waals surface area contributed by atoms with E-state index in [1.165, 1.54) is 0 Å². The molecular weight excluding hydrogens is 386 g/mol. The summed E-state index contributed by atoms with van der Waals surface area (Å²) in [6.45, 7) is 2.06. The molecule has 0 atom stereocenters. The van der Waals surface area contributed by atoms with E-state index >= 15 is 0 Å². The second kappa shape index (κ2) is 7.18. The molecule has 0 aliphatic rings. The van der Waals surface area contributed by atoms with Crippen LogP contribution in [-0.2, 0) is 0 Å². The Morgan fingerprint density at radius 2 is 1.12 bits per heavy atom. The van der Waals surface area contributed by atoms with Gasteiger partial charge < -0.3 is 0 Å². The summed E-state index contributed by atoms with van der Waals surface area (Å²) in [5.41, 5.74) is 4.07. The third kappa shape index (κ3) is 3.41. The number of hydrogen-bond donors (Lipinski definition) is 0. The van der Waals surface area contributed by atoms with Crippen LogP contribution in [0.2, 0.25) is 0 Å². The van der Waals surface area contributed by atoms with Crippen LogP contribution in [0, 0.1) is 6.92 Å². The van der Waals surface area contributed by atoms with Crippen molar-refractivity contribution in [1.29, 1.82) is 0 Å². The van der Waals surface area contributed by atoms with Gasteiger partial charge in [-0.2, -0.15) is 0 Å². The molecule has 126 valence electrons. The Kier molecular flexibility index (Phi) is 4.59. The van der Waals surface area contributed by atoms with Gasteiger partial charge in [-0.05, 0) is 30.7 Å². The lowest BCUT2D eigenvalue weighted by atomic mass is 10.1. The molecule has 3 aromatic carbocycles. The van der Waals surface area contributed by atoms with Crippen LogP contribution in [0.3, 0.4) is 0 Å². The Hall–Kier alpha value is -2.85. The molecule has 0 saturated heterocycles. The van der Waals surface area contributed by atoms with E-state index in [-0.39, 0.29) is 0 Å². The monoisotopic (exact) mass is 401 g/mol. The number of benzene rings is 3. The molecule has 4 rings (SSSR count). The molecule has 0 N–H and O–H groups in total. The van der Waals surface area contributed by atoms with Crippen molar-refractivity contribution in [2.24, 2.45) is 0 Å². The summed E-state index contributed by atoms with van der Waals surface area (Å²) < 4.78 is 1.04. The minimum Gasteiger partial charge on any atom is -0.208 e. The fraction of sp³-hybridized carbons (Fsp3) is 0.0455. The maximum Gasteiger partial charge on any atom is 0.164 e. The van der Waals surface area contributed by atoms with Gasteiger partial charge in [0.05, 0.1) is 0 Å². The standard InChI is InChI=1S/C22H16BrN3/c1-15-14-18(23)12-13-19(15)22-25-20(16-8-4-2-5-9-16)24-21(26-22)17-10-6-3-7-11-17/h2-14H,1H3. The summed E-state index contributed by atoms with van der Waals surface area (Å²) in [7, 11) is 0. The van der Waals surface area contributed by atoms with Gasteiger partial charge in [0.2, 0.25) is 0 Å². The highest BCUT2D eigenvalue weighted by molar-refractivity contribution is 9.10. The first-order valence-corrected chi connectivity index (χ1v) is 9.13. The van der Waals surface area contributed by atoms with Crippen LogP contribution in [0.15, 0.2) is 83.3 Å². The Balaban J connectivity index is 1.94. The quantitative estimate of drug-likeness (QED) is 0.426. The Labute approximate surface area is 160 Å². The minimum atomic E-state index is 0.678. The van der Waals surface area contributed by atoms with Gasteiger partial charge in [-0.3, -0.25) is 0 Å². The van der Waals surface area contributed by atoms with E-state index < -0.39 is 0 Å². The summed E-state index contributed by atoms with van der Waals surface area (Å²) in [4.78, 5) is 14.2. The minimum absolute atomic E-state index is 0.678. The van der Waals surface area contributed by atoms with Crippen molar-refractivity contribution >= 4 is 15.9 Å². The van der Waals surface area contributed by atoms with E-state index in [0.29, 0.717) is 17.5 Å². The van der Waals surface area contributed by atoms with Gasteiger partial charge in [0, 0.05) is 21.2 Å². The fourth-order valence-corrected chi connectivity index (χ4v) is 3.28. The van der Waals surface area contributed by atoms with Crippen molar-refractivity contribution in [3.63, 3.8) is 0 Å². The van der Waals surface area contributed by atoms with Crippen LogP contribution < -0.4 is 0 Å². The number of aryl methyl sites for hydroxylation is 1. The van der Waals surface area contributed by atoms with Crippen molar-refractivity contribution < 1.29 is 0 Å². The molecule has 0 unspecified atom stereocenters. The highest BCUT2D eigenvalue weighted by Crippen LogP contribution is 2.27. The van der Waals surface area contributed by atoms with Gasteiger partial charge in [0.25, 0.3) is 0 Å². The Bertz CT molecular complexity index is 990. The average molecular weight is 402 g/mol. The SMILES string of the molecule is Cc1cc(Br)ccc1-c1nc(-c2ccccc2)nc(-c2ccccc2)n1. The summed E-state index contributed by atoms with van der Waals surface area (Å²) in [6.07, 6.45) is 0. The number of nitrogens with zero attached hydrogens (tertiary/aromatic N) is 3. The molecule has 0 aliphatic carbocycles.